The van der Waals surface area contributed by atoms with E-state index in [9.17, 15) is 13.2 Å². The van der Waals surface area contributed by atoms with Gasteiger partial charge in [-0.15, -0.1) is 0 Å². The average Bonchev–Trinajstić information content (AvgIpc) is 3.24. The molecule has 0 saturated heterocycles. The first kappa shape index (κ1) is 24.7. The lowest BCUT2D eigenvalue weighted by molar-refractivity contribution is 0.101. The van der Waals surface area contributed by atoms with Crippen LogP contribution in [0.4, 0.5) is 5.69 Å². The number of sulfonamides is 1. The van der Waals surface area contributed by atoms with E-state index in [0.29, 0.717) is 18.5 Å². The molecule has 1 amide bonds. The van der Waals surface area contributed by atoms with Crippen molar-refractivity contribution < 1.29 is 13.2 Å². The highest BCUT2D eigenvalue weighted by Crippen LogP contribution is 2.40. The number of imidazole rings is 1. The van der Waals surface area contributed by atoms with E-state index < -0.39 is 15.9 Å². The van der Waals surface area contributed by atoms with Gasteiger partial charge < -0.3 is 10.3 Å². The third kappa shape index (κ3) is 6.30. The lowest BCUT2D eigenvalue weighted by Crippen LogP contribution is -2.25. The van der Waals surface area contributed by atoms with Crippen LogP contribution >= 0.6 is 0 Å². The van der Waals surface area contributed by atoms with Gasteiger partial charge in [-0.25, -0.2) is 17.7 Å². The van der Waals surface area contributed by atoms with E-state index in [0.717, 1.165) is 30.4 Å². The summed E-state index contributed by atoms with van der Waals surface area (Å²) in [6.07, 6.45) is 7.58. The summed E-state index contributed by atoms with van der Waals surface area (Å²) >= 11 is 0. The molecule has 176 valence electrons. The van der Waals surface area contributed by atoms with Gasteiger partial charge in [0.25, 0.3) is 5.91 Å². The van der Waals surface area contributed by atoms with E-state index in [1.165, 1.54) is 16.1 Å². The van der Waals surface area contributed by atoms with Crippen molar-refractivity contribution in [3.63, 3.8) is 0 Å². The van der Waals surface area contributed by atoms with Crippen LogP contribution in [0.3, 0.4) is 0 Å². The number of allylic oxidation sites excluding steroid dienone is 2. The Balaban J connectivity index is 1.85. The van der Waals surface area contributed by atoms with Crippen molar-refractivity contribution in [1.29, 1.82) is 5.26 Å². The summed E-state index contributed by atoms with van der Waals surface area (Å²) in [5.41, 5.74) is 4.27. The minimum absolute atomic E-state index is 0.0780. The summed E-state index contributed by atoms with van der Waals surface area (Å²) in [7, 11) is -0.151. The largest absolute Gasteiger partial charge is 0.326 e. The number of aromatic amines is 1. The van der Waals surface area contributed by atoms with Crippen LogP contribution in [0.15, 0.2) is 30.5 Å². The minimum atomic E-state index is -3.24. The number of benzene rings is 1. The van der Waals surface area contributed by atoms with Crippen molar-refractivity contribution in [3.05, 3.63) is 53.1 Å². The maximum atomic E-state index is 12.7. The second kappa shape index (κ2) is 9.89. The summed E-state index contributed by atoms with van der Waals surface area (Å²) in [5, 5.41) is 11.9. The Kier molecular flexibility index (Phi) is 7.40. The van der Waals surface area contributed by atoms with Gasteiger partial charge in [0.15, 0.2) is 5.82 Å². The molecule has 1 aliphatic carbocycles. The topological polar surface area (TPSA) is 119 Å². The summed E-state index contributed by atoms with van der Waals surface area (Å²) in [5.74, 6) is -0.252. The molecule has 1 aromatic carbocycles. The van der Waals surface area contributed by atoms with Crippen molar-refractivity contribution >= 4 is 27.2 Å². The predicted molar refractivity (Wildman–Crippen MR) is 129 cm³/mol. The van der Waals surface area contributed by atoms with E-state index in [-0.39, 0.29) is 22.7 Å². The molecule has 1 aliphatic rings. The fourth-order valence-corrected chi connectivity index (χ4v) is 4.63. The lowest BCUT2D eigenvalue weighted by atomic mass is 9.76. The van der Waals surface area contributed by atoms with Gasteiger partial charge in [-0.1, -0.05) is 26.0 Å². The molecule has 1 heterocycles. The Bertz CT molecular complexity index is 1200. The smallest absolute Gasteiger partial charge is 0.291 e. The Hall–Kier alpha value is -2.96. The van der Waals surface area contributed by atoms with Gasteiger partial charge in [-0.2, -0.15) is 5.26 Å². The number of hydrogen-bond acceptors (Lipinski definition) is 5. The zero-order chi connectivity index (χ0) is 24.2. The molecule has 2 N–H and O–H groups in total. The van der Waals surface area contributed by atoms with Crippen LogP contribution in [0, 0.1) is 16.7 Å². The molecule has 0 unspecified atom stereocenters. The number of aryl methyl sites for hydroxylation is 1. The van der Waals surface area contributed by atoms with E-state index in [1.54, 1.807) is 14.1 Å². The molecule has 0 atom stereocenters. The Morgan fingerprint density at radius 2 is 2.09 bits per heavy atom. The second-order valence-corrected chi connectivity index (χ2v) is 11.7. The van der Waals surface area contributed by atoms with Gasteiger partial charge >= 0.3 is 0 Å². The lowest BCUT2D eigenvalue weighted by Gasteiger charge is -2.29. The summed E-state index contributed by atoms with van der Waals surface area (Å²) in [6, 6.07) is 7.75. The van der Waals surface area contributed by atoms with E-state index in [1.807, 2.05) is 24.3 Å². The van der Waals surface area contributed by atoms with Crippen LogP contribution in [-0.2, 0) is 16.4 Å². The van der Waals surface area contributed by atoms with Crippen LogP contribution in [0.25, 0.3) is 5.57 Å². The van der Waals surface area contributed by atoms with Crippen molar-refractivity contribution in [2.24, 2.45) is 5.41 Å². The Morgan fingerprint density at radius 1 is 1.33 bits per heavy atom. The van der Waals surface area contributed by atoms with Gasteiger partial charge in [0, 0.05) is 25.3 Å². The van der Waals surface area contributed by atoms with Crippen molar-refractivity contribution in [3.8, 4) is 6.07 Å². The Labute approximate surface area is 195 Å². The standard InChI is InChI=1S/C24H31N5O3S/c1-24(2)11-9-18(10-12-24)20-14-17(6-5-13-33(31,32)29(3)4)7-8-21(20)28-23(30)22-26-16-19(15-25)27-22/h7-9,14,16H,5-6,10-13H2,1-4H3,(H,26,27)(H,28,30). The highest BCUT2D eigenvalue weighted by Gasteiger charge is 2.24. The van der Waals surface area contributed by atoms with E-state index in [2.05, 4.69) is 35.2 Å². The second-order valence-electron chi connectivity index (χ2n) is 9.39. The number of nitriles is 1. The van der Waals surface area contributed by atoms with Crippen molar-refractivity contribution in [1.82, 2.24) is 14.3 Å². The molecule has 8 nitrogen and oxygen atoms in total. The highest BCUT2D eigenvalue weighted by molar-refractivity contribution is 7.89. The fourth-order valence-electron chi connectivity index (χ4n) is 3.76. The Morgan fingerprint density at radius 3 is 2.70 bits per heavy atom. The summed E-state index contributed by atoms with van der Waals surface area (Å²) in [6.45, 7) is 4.49. The average molecular weight is 470 g/mol. The van der Waals surface area contributed by atoms with Crippen molar-refractivity contribution in [2.45, 2.75) is 46.0 Å². The van der Waals surface area contributed by atoms with Crippen LogP contribution in [-0.4, -0.2) is 48.4 Å². The highest BCUT2D eigenvalue weighted by atomic mass is 32.2. The summed E-state index contributed by atoms with van der Waals surface area (Å²) < 4.78 is 25.4. The molecular formula is C24H31N5O3S. The molecular weight excluding hydrogens is 438 g/mol. The maximum absolute atomic E-state index is 12.7. The number of H-pyrrole nitrogens is 1. The van der Waals surface area contributed by atoms with Crippen LogP contribution in [0.5, 0.6) is 0 Å². The number of carbonyl (C=O) groups excluding carboxylic acids is 1. The minimum Gasteiger partial charge on any atom is -0.326 e. The number of hydrogen-bond donors (Lipinski definition) is 2. The predicted octanol–water partition coefficient (Wildman–Crippen LogP) is 3.95. The monoisotopic (exact) mass is 469 g/mol. The molecule has 0 saturated carbocycles. The molecule has 33 heavy (non-hydrogen) atoms. The first-order valence-corrected chi connectivity index (χ1v) is 12.6. The van der Waals surface area contributed by atoms with Gasteiger partial charge in [-0.3, -0.25) is 4.79 Å². The fraction of sp³-hybridized carbons (Fsp3) is 0.458. The number of amides is 1. The van der Waals surface area contributed by atoms with Gasteiger partial charge in [0.05, 0.1) is 11.9 Å². The number of anilines is 1. The molecule has 2 aromatic rings. The van der Waals surface area contributed by atoms with Crippen LogP contribution in [0.1, 0.15) is 67.0 Å². The first-order chi connectivity index (χ1) is 15.5. The quantitative estimate of drug-likeness (QED) is 0.607. The SMILES string of the molecule is CN(C)S(=O)(=O)CCCc1ccc(NC(=O)c2ncc(C#N)[nH]2)c(C2=CCC(C)(C)CC2)c1. The molecule has 0 fully saturated rings. The number of carbonyl (C=O) groups is 1. The zero-order valence-electron chi connectivity index (χ0n) is 19.6. The number of nitrogens with zero attached hydrogens (tertiary/aromatic N) is 3. The van der Waals surface area contributed by atoms with Gasteiger partial charge in [-0.05, 0) is 60.8 Å². The molecule has 0 spiro atoms. The number of rotatable bonds is 8. The normalized spacial score (nSPS) is 15.7. The zero-order valence-corrected chi connectivity index (χ0v) is 20.4. The van der Waals surface area contributed by atoms with Gasteiger partial charge in [0.1, 0.15) is 11.8 Å². The summed E-state index contributed by atoms with van der Waals surface area (Å²) in [4.78, 5) is 19.4. The van der Waals surface area contributed by atoms with Crippen LogP contribution < -0.4 is 5.32 Å². The van der Waals surface area contributed by atoms with E-state index >= 15 is 0 Å². The maximum Gasteiger partial charge on any atom is 0.291 e. The first-order valence-electron chi connectivity index (χ1n) is 11.0. The molecule has 3 rings (SSSR count). The van der Waals surface area contributed by atoms with E-state index in [4.69, 9.17) is 5.26 Å². The molecule has 1 aromatic heterocycles. The third-order valence-electron chi connectivity index (χ3n) is 5.99. The van der Waals surface area contributed by atoms with Crippen LogP contribution in [0.2, 0.25) is 0 Å². The van der Waals surface area contributed by atoms with Crippen molar-refractivity contribution in [2.75, 3.05) is 25.2 Å². The number of nitrogens with one attached hydrogen (secondary N) is 2. The number of aromatic nitrogens is 2. The molecule has 0 radical (unpaired) electrons. The third-order valence-corrected chi connectivity index (χ3v) is 7.90. The molecule has 0 aliphatic heterocycles. The molecule has 0 bridgehead atoms. The molecule has 9 heteroatoms. The van der Waals surface area contributed by atoms with Gasteiger partial charge in [0.2, 0.25) is 10.0 Å².